The Morgan fingerprint density at radius 2 is 1.75 bits per heavy atom. The molecule has 0 spiro atoms. The molecule has 0 heterocycles. The van der Waals surface area contributed by atoms with Crippen LogP contribution in [0.25, 0.3) is 0 Å². The van der Waals surface area contributed by atoms with Crippen LogP contribution in [0.4, 0.5) is 5.69 Å². The van der Waals surface area contributed by atoms with Crippen molar-refractivity contribution < 1.29 is 13.2 Å². The maximum absolute atomic E-state index is 12.3. The Morgan fingerprint density at radius 3 is 2.30 bits per heavy atom. The van der Waals surface area contributed by atoms with E-state index in [-0.39, 0.29) is 4.90 Å². The molecule has 0 aliphatic heterocycles. The normalized spacial score (nSPS) is 11.2. The van der Waals surface area contributed by atoms with Crippen molar-refractivity contribution in [2.75, 3.05) is 11.8 Å². The molecule has 0 bridgehead atoms. The van der Waals surface area contributed by atoms with Crippen LogP contribution < -0.4 is 9.46 Å². The first-order chi connectivity index (χ1) is 9.42. The maximum atomic E-state index is 12.3. The molecule has 2 rings (SSSR count). The number of aryl methyl sites for hydroxylation is 1. The molecule has 0 saturated heterocycles. The third-order valence-electron chi connectivity index (χ3n) is 2.78. The van der Waals surface area contributed by atoms with E-state index in [0.717, 1.165) is 10.0 Å². The van der Waals surface area contributed by atoms with Crippen LogP contribution in [0.15, 0.2) is 51.8 Å². The van der Waals surface area contributed by atoms with Crippen LogP contribution >= 0.6 is 15.9 Å². The Kier molecular flexibility index (Phi) is 4.35. The third kappa shape index (κ3) is 3.32. The summed E-state index contributed by atoms with van der Waals surface area (Å²) in [5.41, 5.74) is 1.36. The van der Waals surface area contributed by atoms with Gasteiger partial charge in [0.2, 0.25) is 0 Å². The zero-order valence-corrected chi connectivity index (χ0v) is 13.5. The maximum Gasteiger partial charge on any atom is 0.261 e. The first-order valence-electron chi connectivity index (χ1n) is 5.85. The summed E-state index contributed by atoms with van der Waals surface area (Å²) in [6, 6.07) is 11.6. The summed E-state index contributed by atoms with van der Waals surface area (Å²) in [4.78, 5) is 0.231. The van der Waals surface area contributed by atoms with Gasteiger partial charge in [0.25, 0.3) is 10.0 Å². The van der Waals surface area contributed by atoms with Crippen molar-refractivity contribution in [2.45, 2.75) is 11.8 Å². The summed E-state index contributed by atoms with van der Waals surface area (Å²) >= 11 is 3.35. The average Bonchev–Trinajstić information content (AvgIpc) is 2.42. The molecule has 1 N–H and O–H groups in total. The molecule has 4 nitrogen and oxygen atoms in total. The van der Waals surface area contributed by atoms with Crippen LogP contribution in [0, 0.1) is 6.92 Å². The molecule has 0 atom stereocenters. The molecule has 0 aliphatic rings. The highest BCUT2D eigenvalue weighted by atomic mass is 79.9. The van der Waals surface area contributed by atoms with Gasteiger partial charge in [-0.25, -0.2) is 8.42 Å². The van der Waals surface area contributed by atoms with Gasteiger partial charge in [0.05, 0.1) is 12.0 Å². The van der Waals surface area contributed by atoms with Crippen LogP contribution in [-0.4, -0.2) is 15.5 Å². The van der Waals surface area contributed by atoms with Crippen LogP contribution in [0.3, 0.4) is 0 Å². The van der Waals surface area contributed by atoms with Crippen molar-refractivity contribution in [3.63, 3.8) is 0 Å². The number of rotatable bonds is 4. The summed E-state index contributed by atoms with van der Waals surface area (Å²) in [5.74, 6) is 0.674. The highest BCUT2D eigenvalue weighted by Crippen LogP contribution is 2.23. The van der Waals surface area contributed by atoms with Gasteiger partial charge in [-0.1, -0.05) is 15.9 Å². The molecule has 20 heavy (non-hydrogen) atoms. The molecule has 106 valence electrons. The number of anilines is 1. The molecule has 2 aromatic carbocycles. The number of benzene rings is 2. The molecule has 0 unspecified atom stereocenters. The SMILES string of the molecule is COc1ccc(NS(=O)(=O)c2ccc(Br)c(C)c2)cc1. The summed E-state index contributed by atoms with van der Waals surface area (Å²) in [6.45, 7) is 1.84. The topological polar surface area (TPSA) is 55.4 Å². The Morgan fingerprint density at radius 1 is 1.10 bits per heavy atom. The van der Waals surface area contributed by atoms with Gasteiger partial charge in [0.1, 0.15) is 5.75 Å². The van der Waals surface area contributed by atoms with Gasteiger partial charge in [0.15, 0.2) is 0 Å². The van der Waals surface area contributed by atoms with Crippen molar-refractivity contribution in [1.82, 2.24) is 0 Å². The summed E-state index contributed by atoms with van der Waals surface area (Å²) < 4.78 is 33.0. The van der Waals surface area contributed by atoms with Gasteiger partial charge in [-0.05, 0) is 55.0 Å². The van der Waals surface area contributed by atoms with Gasteiger partial charge in [-0.3, -0.25) is 4.72 Å². The monoisotopic (exact) mass is 355 g/mol. The van der Waals surface area contributed by atoms with Crippen molar-refractivity contribution >= 4 is 31.6 Å². The number of hydrogen-bond donors (Lipinski definition) is 1. The van der Waals surface area contributed by atoms with Gasteiger partial charge < -0.3 is 4.74 Å². The highest BCUT2D eigenvalue weighted by Gasteiger charge is 2.15. The Hall–Kier alpha value is -1.53. The van der Waals surface area contributed by atoms with Crippen molar-refractivity contribution in [2.24, 2.45) is 0 Å². The van der Waals surface area contributed by atoms with E-state index in [9.17, 15) is 8.42 Å². The quantitative estimate of drug-likeness (QED) is 0.911. The van der Waals surface area contributed by atoms with Crippen molar-refractivity contribution in [3.8, 4) is 5.75 Å². The van der Waals surface area contributed by atoms with Gasteiger partial charge in [-0.15, -0.1) is 0 Å². The fourth-order valence-corrected chi connectivity index (χ4v) is 3.05. The lowest BCUT2D eigenvalue weighted by molar-refractivity contribution is 0.415. The third-order valence-corrected chi connectivity index (χ3v) is 5.05. The summed E-state index contributed by atoms with van der Waals surface area (Å²) in [5, 5.41) is 0. The van der Waals surface area contributed by atoms with E-state index in [2.05, 4.69) is 20.7 Å². The molecule has 6 heteroatoms. The molecule has 0 fully saturated rings. The first kappa shape index (κ1) is 14.9. The Labute approximate surface area is 127 Å². The number of ether oxygens (including phenoxy) is 1. The van der Waals surface area contributed by atoms with Crippen LogP contribution in [0.2, 0.25) is 0 Å². The van der Waals surface area contributed by atoms with E-state index in [0.29, 0.717) is 11.4 Å². The van der Waals surface area contributed by atoms with E-state index in [1.165, 1.54) is 0 Å². The first-order valence-corrected chi connectivity index (χ1v) is 8.13. The number of hydrogen-bond acceptors (Lipinski definition) is 3. The molecular formula is C14H14BrNO3S. The smallest absolute Gasteiger partial charge is 0.261 e. The number of nitrogens with one attached hydrogen (secondary N) is 1. The van der Waals surface area contributed by atoms with Crippen molar-refractivity contribution in [3.05, 3.63) is 52.5 Å². The van der Waals surface area contributed by atoms with E-state index in [1.807, 2.05) is 6.92 Å². The van der Waals surface area contributed by atoms with Crippen LogP contribution in [0.1, 0.15) is 5.56 Å². The predicted octanol–water partition coefficient (Wildman–Crippen LogP) is 3.57. The fraction of sp³-hybridized carbons (Fsp3) is 0.143. The number of halogens is 1. The zero-order chi connectivity index (χ0) is 14.8. The largest absolute Gasteiger partial charge is 0.497 e. The Bertz CT molecular complexity index is 712. The molecule has 0 radical (unpaired) electrons. The van der Waals surface area contributed by atoms with E-state index >= 15 is 0 Å². The molecule has 2 aromatic rings. The fourth-order valence-electron chi connectivity index (χ4n) is 1.66. The minimum atomic E-state index is -3.58. The minimum absolute atomic E-state index is 0.231. The minimum Gasteiger partial charge on any atom is -0.497 e. The highest BCUT2D eigenvalue weighted by molar-refractivity contribution is 9.10. The molecule has 0 aliphatic carbocycles. The lowest BCUT2D eigenvalue weighted by atomic mass is 10.2. The summed E-state index contributed by atoms with van der Waals surface area (Å²) in [6.07, 6.45) is 0. The lowest BCUT2D eigenvalue weighted by Gasteiger charge is -2.10. The average molecular weight is 356 g/mol. The molecular weight excluding hydrogens is 342 g/mol. The van der Waals surface area contributed by atoms with Crippen molar-refractivity contribution in [1.29, 1.82) is 0 Å². The van der Waals surface area contributed by atoms with Gasteiger partial charge in [-0.2, -0.15) is 0 Å². The lowest BCUT2D eigenvalue weighted by Crippen LogP contribution is -2.13. The molecule has 0 aromatic heterocycles. The number of sulfonamides is 1. The second-order valence-electron chi connectivity index (χ2n) is 4.24. The zero-order valence-electron chi connectivity index (χ0n) is 11.1. The molecule has 0 amide bonds. The van der Waals surface area contributed by atoms with Crippen LogP contribution in [0.5, 0.6) is 5.75 Å². The van der Waals surface area contributed by atoms with E-state index in [1.54, 1.807) is 49.6 Å². The second kappa shape index (κ2) is 5.85. The van der Waals surface area contributed by atoms with Gasteiger partial charge in [0, 0.05) is 10.2 Å². The summed E-state index contributed by atoms with van der Waals surface area (Å²) in [7, 11) is -2.02. The van der Waals surface area contributed by atoms with E-state index < -0.39 is 10.0 Å². The van der Waals surface area contributed by atoms with Crippen LogP contribution in [-0.2, 0) is 10.0 Å². The second-order valence-corrected chi connectivity index (χ2v) is 6.78. The van der Waals surface area contributed by atoms with E-state index in [4.69, 9.17) is 4.74 Å². The Balaban J connectivity index is 2.27. The van der Waals surface area contributed by atoms with Gasteiger partial charge >= 0.3 is 0 Å². The molecule has 0 saturated carbocycles. The standard InChI is InChI=1S/C14H14BrNO3S/c1-10-9-13(7-8-14(10)15)20(17,18)16-11-3-5-12(19-2)6-4-11/h3-9,16H,1-2H3. The number of methoxy groups -OCH3 is 1. The predicted molar refractivity (Wildman–Crippen MR) is 82.7 cm³/mol.